The second-order valence-corrected chi connectivity index (χ2v) is 6.38. The van der Waals surface area contributed by atoms with Crippen LogP contribution in [-0.2, 0) is 4.74 Å². The van der Waals surface area contributed by atoms with Crippen molar-refractivity contribution in [2.45, 2.75) is 25.7 Å². The maximum Gasteiger partial charge on any atom is 0.203 e. The quantitative estimate of drug-likeness (QED) is 0.708. The summed E-state index contributed by atoms with van der Waals surface area (Å²) in [6.07, 6.45) is 3.93. The van der Waals surface area contributed by atoms with Gasteiger partial charge < -0.3 is 9.47 Å². The van der Waals surface area contributed by atoms with Crippen molar-refractivity contribution in [1.82, 2.24) is 14.6 Å². The summed E-state index contributed by atoms with van der Waals surface area (Å²) in [6.45, 7) is 3.49. The lowest BCUT2D eigenvalue weighted by Gasteiger charge is -2.20. The maximum atomic E-state index is 6.18. The predicted octanol–water partition coefficient (Wildman–Crippen LogP) is 4.38. The Kier molecular flexibility index (Phi) is 4.12. The molecule has 3 heterocycles. The molecule has 0 bridgehead atoms. The average molecular weight is 344 g/mol. The molecule has 1 fully saturated rings. The first kappa shape index (κ1) is 15.4. The molecular formula is C18H18ClN3O2. The van der Waals surface area contributed by atoms with Crippen molar-refractivity contribution in [3.05, 3.63) is 52.9 Å². The second kappa shape index (κ2) is 6.42. The molecule has 0 radical (unpaired) electrons. The van der Waals surface area contributed by atoms with Crippen molar-refractivity contribution >= 4 is 17.2 Å². The van der Waals surface area contributed by atoms with E-state index in [0.29, 0.717) is 16.7 Å². The zero-order valence-electron chi connectivity index (χ0n) is 13.4. The number of pyridine rings is 1. The lowest BCUT2D eigenvalue weighted by Crippen LogP contribution is -2.16. The monoisotopic (exact) mass is 343 g/mol. The van der Waals surface area contributed by atoms with Crippen LogP contribution in [-0.4, -0.2) is 27.8 Å². The molecule has 6 heteroatoms. The van der Waals surface area contributed by atoms with E-state index in [4.69, 9.17) is 21.1 Å². The molecule has 0 aliphatic carbocycles. The first-order chi connectivity index (χ1) is 11.7. The molecule has 0 atom stereocenters. The van der Waals surface area contributed by atoms with E-state index in [0.717, 1.165) is 48.8 Å². The van der Waals surface area contributed by atoms with Crippen molar-refractivity contribution in [3.8, 4) is 11.5 Å². The van der Waals surface area contributed by atoms with E-state index >= 15 is 0 Å². The summed E-state index contributed by atoms with van der Waals surface area (Å²) < 4.78 is 13.5. The van der Waals surface area contributed by atoms with Gasteiger partial charge in [-0.05, 0) is 44.0 Å². The zero-order valence-corrected chi connectivity index (χ0v) is 14.2. The Balaban J connectivity index is 1.72. The minimum absolute atomic E-state index is 0.372. The van der Waals surface area contributed by atoms with Gasteiger partial charge in [0.05, 0.1) is 0 Å². The minimum atomic E-state index is 0.372. The van der Waals surface area contributed by atoms with Gasteiger partial charge in [-0.25, -0.2) is 0 Å². The third-order valence-electron chi connectivity index (χ3n) is 4.45. The fourth-order valence-corrected chi connectivity index (χ4v) is 3.21. The molecule has 3 aromatic rings. The molecule has 124 valence electrons. The number of benzene rings is 1. The van der Waals surface area contributed by atoms with Crippen LogP contribution in [0, 0.1) is 6.92 Å². The summed E-state index contributed by atoms with van der Waals surface area (Å²) in [7, 11) is 0. The maximum absolute atomic E-state index is 6.18. The molecule has 24 heavy (non-hydrogen) atoms. The van der Waals surface area contributed by atoms with Gasteiger partial charge in [-0.3, -0.25) is 4.40 Å². The van der Waals surface area contributed by atoms with Gasteiger partial charge in [0, 0.05) is 35.9 Å². The first-order valence-corrected chi connectivity index (χ1v) is 8.46. The molecule has 0 spiro atoms. The van der Waals surface area contributed by atoms with Gasteiger partial charge in [0.1, 0.15) is 11.6 Å². The molecular weight excluding hydrogens is 326 g/mol. The number of aromatic nitrogens is 3. The molecule has 1 aliphatic rings. The van der Waals surface area contributed by atoms with Crippen molar-refractivity contribution in [1.29, 1.82) is 0 Å². The fourth-order valence-electron chi connectivity index (χ4n) is 3.04. The van der Waals surface area contributed by atoms with Crippen LogP contribution in [0.15, 0.2) is 36.5 Å². The summed E-state index contributed by atoms with van der Waals surface area (Å²) in [6, 6.07) is 9.49. The number of rotatable bonds is 3. The standard InChI is InChI=1S/C18H18ClN3O2/c1-12-14(19)4-2-5-15(12)24-16-6-3-9-22-17(20-21-18(16)22)13-7-10-23-11-8-13/h2-6,9,13H,7-8,10-11H2,1H3. The summed E-state index contributed by atoms with van der Waals surface area (Å²) >= 11 is 6.18. The fraction of sp³-hybridized carbons (Fsp3) is 0.333. The van der Waals surface area contributed by atoms with Gasteiger partial charge in [0.2, 0.25) is 5.65 Å². The SMILES string of the molecule is Cc1c(Cl)cccc1Oc1cccn2c(C3CCOCC3)nnc12. The summed E-state index contributed by atoms with van der Waals surface area (Å²) in [5, 5.41) is 9.45. The van der Waals surface area contributed by atoms with Crippen LogP contribution in [0.1, 0.15) is 30.1 Å². The molecule has 0 saturated carbocycles. The molecule has 5 nitrogen and oxygen atoms in total. The zero-order chi connectivity index (χ0) is 16.5. The van der Waals surface area contributed by atoms with Gasteiger partial charge in [-0.2, -0.15) is 0 Å². The smallest absolute Gasteiger partial charge is 0.203 e. The lowest BCUT2D eigenvalue weighted by atomic mass is 10.00. The molecule has 2 aromatic heterocycles. The van der Waals surface area contributed by atoms with Crippen molar-refractivity contribution < 1.29 is 9.47 Å². The van der Waals surface area contributed by atoms with Gasteiger partial charge >= 0.3 is 0 Å². The van der Waals surface area contributed by atoms with Crippen LogP contribution in [0.4, 0.5) is 0 Å². The number of hydrogen-bond donors (Lipinski definition) is 0. The normalized spacial score (nSPS) is 15.8. The van der Waals surface area contributed by atoms with E-state index in [1.807, 2.05) is 47.9 Å². The second-order valence-electron chi connectivity index (χ2n) is 5.98. The van der Waals surface area contributed by atoms with Gasteiger partial charge in [0.25, 0.3) is 0 Å². The lowest BCUT2D eigenvalue weighted by molar-refractivity contribution is 0.0834. The third kappa shape index (κ3) is 2.74. The third-order valence-corrected chi connectivity index (χ3v) is 4.86. The average Bonchev–Trinajstić information content (AvgIpc) is 3.05. The van der Waals surface area contributed by atoms with Crippen LogP contribution >= 0.6 is 11.6 Å². The number of fused-ring (bicyclic) bond motifs is 1. The van der Waals surface area contributed by atoms with E-state index in [-0.39, 0.29) is 0 Å². The topological polar surface area (TPSA) is 48.7 Å². The van der Waals surface area contributed by atoms with Crippen LogP contribution in [0.25, 0.3) is 5.65 Å². The van der Waals surface area contributed by atoms with E-state index in [9.17, 15) is 0 Å². The molecule has 4 rings (SSSR count). The Hall–Kier alpha value is -2.11. The summed E-state index contributed by atoms with van der Waals surface area (Å²) in [5.41, 5.74) is 1.63. The highest BCUT2D eigenvalue weighted by Gasteiger charge is 2.22. The van der Waals surface area contributed by atoms with Crippen LogP contribution in [0.2, 0.25) is 5.02 Å². The number of hydrogen-bond acceptors (Lipinski definition) is 4. The van der Waals surface area contributed by atoms with E-state index in [1.54, 1.807) is 0 Å². The molecule has 0 N–H and O–H groups in total. The molecule has 0 unspecified atom stereocenters. The van der Waals surface area contributed by atoms with E-state index < -0.39 is 0 Å². The van der Waals surface area contributed by atoms with E-state index in [1.165, 1.54) is 0 Å². The van der Waals surface area contributed by atoms with Crippen LogP contribution < -0.4 is 4.74 Å². The van der Waals surface area contributed by atoms with Gasteiger partial charge in [0.15, 0.2) is 5.75 Å². The minimum Gasteiger partial charge on any atom is -0.453 e. The molecule has 0 amide bonds. The highest BCUT2D eigenvalue weighted by molar-refractivity contribution is 6.31. The number of nitrogens with zero attached hydrogens (tertiary/aromatic N) is 3. The Labute approximate surface area is 145 Å². The highest BCUT2D eigenvalue weighted by Crippen LogP contribution is 2.33. The molecule has 1 aromatic carbocycles. The Morgan fingerprint density at radius 2 is 1.92 bits per heavy atom. The number of ether oxygens (including phenoxy) is 2. The van der Waals surface area contributed by atoms with Gasteiger partial charge in [-0.15, -0.1) is 10.2 Å². The van der Waals surface area contributed by atoms with Crippen LogP contribution in [0.5, 0.6) is 11.5 Å². The largest absolute Gasteiger partial charge is 0.453 e. The Morgan fingerprint density at radius 3 is 2.75 bits per heavy atom. The van der Waals surface area contributed by atoms with Crippen molar-refractivity contribution in [2.75, 3.05) is 13.2 Å². The number of halogens is 1. The predicted molar refractivity (Wildman–Crippen MR) is 92.0 cm³/mol. The highest BCUT2D eigenvalue weighted by atomic mass is 35.5. The summed E-state index contributed by atoms with van der Waals surface area (Å²) in [4.78, 5) is 0. The van der Waals surface area contributed by atoms with Crippen LogP contribution in [0.3, 0.4) is 0 Å². The Bertz CT molecular complexity index is 872. The van der Waals surface area contributed by atoms with E-state index in [2.05, 4.69) is 10.2 Å². The van der Waals surface area contributed by atoms with Gasteiger partial charge in [-0.1, -0.05) is 17.7 Å². The molecule has 1 aliphatic heterocycles. The Morgan fingerprint density at radius 1 is 1.12 bits per heavy atom. The summed E-state index contributed by atoms with van der Waals surface area (Å²) in [5.74, 6) is 2.75. The first-order valence-electron chi connectivity index (χ1n) is 8.08. The molecule has 1 saturated heterocycles. The van der Waals surface area contributed by atoms with Crippen molar-refractivity contribution in [3.63, 3.8) is 0 Å². The van der Waals surface area contributed by atoms with Crippen molar-refractivity contribution in [2.24, 2.45) is 0 Å².